The van der Waals surface area contributed by atoms with Crippen molar-refractivity contribution >= 4 is 23.7 Å². The molecule has 1 aromatic heterocycles. The minimum atomic E-state index is -0.443. The second-order valence-electron chi connectivity index (χ2n) is 3.08. The number of aromatic amines is 1. The summed E-state index contributed by atoms with van der Waals surface area (Å²) in [5.41, 5.74) is 3.20. The summed E-state index contributed by atoms with van der Waals surface area (Å²) in [5.74, 6) is -0.443. The fourth-order valence-corrected chi connectivity index (χ4v) is 1.29. The van der Waals surface area contributed by atoms with Gasteiger partial charge in [0.1, 0.15) is 0 Å². The number of hydrazone groups is 1. The van der Waals surface area contributed by atoms with E-state index in [9.17, 15) is 4.79 Å². The summed E-state index contributed by atoms with van der Waals surface area (Å²) >= 11 is 5.91. The van der Waals surface area contributed by atoms with Gasteiger partial charge in [0, 0.05) is 10.6 Å². The molecule has 1 amide bonds. The van der Waals surface area contributed by atoms with Gasteiger partial charge in [0.25, 0.3) is 5.91 Å². The van der Waals surface area contributed by atoms with Crippen molar-refractivity contribution < 1.29 is 4.79 Å². The van der Waals surface area contributed by atoms with Crippen LogP contribution in [0.4, 0.5) is 0 Å². The molecule has 0 fully saturated rings. The first-order valence-electron chi connectivity index (χ1n) is 4.71. The van der Waals surface area contributed by atoms with Gasteiger partial charge in [-0.1, -0.05) is 29.8 Å². The predicted molar refractivity (Wildman–Crippen MR) is 62.9 cm³/mol. The average Bonchev–Trinajstić information content (AvgIpc) is 2.85. The molecule has 0 atom stereocenters. The number of carbonyl (C=O) groups excluding carboxylic acids is 1. The highest BCUT2D eigenvalue weighted by Gasteiger charge is 2.06. The Labute approximate surface area is 102 Å². The van der Waals surface area contributed by atoms with Gasteiger partial charge in [-0.25, -0.2) is 5.43 Å². The fraction of sp³-hybridized carbons (Fsp3) is 0. The Morgan fingerprint density at radius 1 is 1.47 bits per heavy atom. The van der Waals surface area contributed by atoms with Gasteiger partial charge >= 0.3 is 0 Å². The Bertz CT molecular complexity index is 537. The Morgan fingerprint density at radius 2 is 2.29 bits per heavy atom. The number of nitrogens with one attached hydrogen (secondary N) is 2. The van der Waals surface area contributed by atoms with Gasteiger partial charge in [0.2, 0.25) is 0 Å². The van der Waals surface area contributed by atoms with Gasteiger partial charge in [-0.15, -0.1) is 0 Å². The van der Waals surface area contributed by atoms with Crippen molar-refractivity contribution in [2.75, 3.05) is 0 Å². The topological polar surface area (TPSA) is 83.0 Å². The number of halogens is 1. The maximum atomic E-state index is 11.4. The van der Waals surface area contributed by atoms with Crippen LogP contribution in [0.3, 0.4) is 0 Å². The van der Waals surface area contributed by atoms with Crippen LogP contribution in [0.5, 0.6) is 0 Å². The largest absolute Gasteiger partial charge is 0.293 e. The van der Waals surface area contributed by atoms with Gasteiger partial charge < -0.3 is 0 Å². The minimum absolute atomic E-state index is 0.168. The summed E-state index contributed by atoms with van der Waals surface area (Å²) in [7, 11) is 0. The predicted octanol–water partition coefficient (Wildman–Crippen LogP) is 1.22. The van der Waals surface area contributed by atoms with Crippen molar-refractivity contribution in [3.05, 3.63) is 46.7 Å². The smallest absolute Gasteiger partial charge is 0.265 e. The van der Waals surface area contributed by atoms with E-state index in [2.05, 4.69) is 25.9 Å². The maximum Gasteiger partial charge on any atom is 0.293 e. The molecule has 0 spiro atoms. The van der Waals surface area contributed by atoms with E-state index in [-0.39, 0.29) is 5.69 Å². The van der Waals surface area contributed by atoms with E-state index in [1.165, 1.54) is 12.4 Å². The number of amides is 1. The molecule has 2 rings (SSSR count). The molecule has 7 heteroatoms. The highest BCUT2D eigenvalue weighted by Crippen LogP contribution is 2.11. The molecule has 86 valence electrons. The number of carbonyl (C=O) groups is 1. The van der Waals surface area contributed by atoms with Gasteiger partial charge in [-0.05, 0) is 6.07 Å². The average molecular weight is 250 g/mol. The molecular weight excluding hydrogens is 242 g/mol. The Morgan fingerprint density at radius 3 is 3.00 bits per heavy atom. The first kappa shape index (κ1) is 11.3. The zero-order valence-electron chi connectivity index (χ0n) is 8.59. The Balaban J connectivity index is 1.99. The molecule has 2 N–H and O–H groups in total. The summed E-state index contributed by atoms with van der Waals surface area (Å²) < 4.78 is 0. The van der Waals surface area contributed by atoms with Gasteiger partial charge in [0.05, 0.1) is 12.4 Å². The highest BCUT2D eigenvalue weighted by molar-refractivity contribution is 6.33. The molecule has 0 aliphatic rings. The lowest BCUT2D eigenvalue weighted by Gasteiger charge is -1.96. The zero-order valence-corrected chi connectivity index (χ0v) is 9.35. The van der Waals surface area contributed by atoms with E-state index >= 15 is 0 Å². The summed E-state index contributed by atoms with van der Waals surface area (Å²) in [4.78, 5) is 11.4. The Kier molecular flexibility index (Phi) is 3.46. The standard InChI is InChI=1S/C10H8ClN5O/c11-8-4-2-1-3-7(8)5-12-15-10(17)9-6-13-16-14-9/h1-6H,(H,15,17)(H,13,14,16). The lowest BCUT2D eigenvalue weighted by atomic mass is 10.2. The number of benzene rings is 1. The van der Waals surface area contributed by atoms with Crippen molar-refractivity contribution in [3.8, 4) is 0 Å². The van der Waals surface area contributed by atoms with E-state index in [0.717, 1.165) is 5.56 Å². The van der Waals surface area contributed by atoms with Crippen molar-refractivity contribution in [2.24, 2.45) is 5.10 Å². The first-order valence-corrected chi connectivity index (χ1v) is 5.09. The minimum Gasteiger partial charge on any atom is -0.265 e. The number of nitrogens with zero attached hydrogens (tertiary/aromatic N) is 3. The van der Waals surface area contributed by atoms with Crippen molar-refractivity contribution in [2.45, 2.75) is 0 Å². The normalized spacial score (nSPS) is 10.6. The molecule has 6 nitrogen and oxygen atoms in total. The summed E-state index contributed by atoms with van der Waals surface area (Å²) in [5, 5.41) is 13.8. The summed E-state index contributed by atoms with van der Waals surface area (Å²) in [6.07, 6.45) is 2.76. The quantitative estimate of drug-likeness (QED) is 0.634. The van der Waals surface area contributed by atoms with Crippen molar-refractivity contribution in [3.63, 3.8) is 0 Å². The third-order valence-corrected chi connectivity index (χ3v) is 2.27. The number of rotatable bonds is 3. The van der Waals surface area contributed by atoms with Crippen LogP contribution in [-0.2, 0) is 0 Å². The number of aromatic nitrogens is 3. The molecule has 2 aromatic rings. The van der Waals surface area contributed by atoms with Crippen molar-refractivity contribution in [1.82, 2.24) is 20.8 Å². The van der Waals surface area contributed by atoms with E-state index < -0.39 is 5.91 Å². The maximum absolute atomic E-state index is 11.4. The van der Waals surface area contributed by atoms with Crippen LogP contribution in [0.1, 0.15) is 16.1 Å². The van der Waals surface area contributed by atoms with E-state index in [1.54, 1.807) is 12.1 Å². The zero-order chi connectivity index (χ0) is 12.1. The van der Waals surface area contributed by atoms with Crippen molar-refractivity contribution in [1.29, 1.82) is 0 Å². The molecule has 17 heavy (non-hydrogen) atoms. The molecule has 0 radical (unpaired) electrons. The van der Waals surface area contributed by atoms with Gasteiger partial charge in [-0.2, -0.15) is 20.5 Å². The Hall–Kier alpha value is -2.21. The van der Waals surface area contributed by atoms with Gasteiger partial charge in [0.15, 0.2) is 5.69 Å². The fourth-order valence-electron chi connectivity index (χ4n) is 1.11. The molecule has 0 saturated carbocycles. The number of hydrogen-bond donors (Lipinski definition) is 2. The molecule has 1 aromatic carbocycles. The van der Waals surface area contributed by atoms with E-state index in [4.69, 9.17) is 11.6 Å². The SMILES string of the molecule is O=C(NN=Cc1ccccc1Cl)c1cn[nH]n1. The lowest BCUT2D eigenvalue weighted by Crippen LogP contribution is -2.18. The van der Waals surface area contributed by atoms with Crippen LogP contribution in [0.2, 0.25) is 5.02 Å². The molecule has 0 saturated heterocycles. The van der Waals surface area contributed by atoms with Gasteiger partial charge in [-0.3, -0.25) is 4.79 Å². The molecule has 0 unspecified atom stereocenters. The molecule has 1 heterocycles. The molecule has 0 aliphatic carbocycles. The summed E-state index contributed by atoms with van der Waals surface area (Å²) in [6, 6.07) is 7.16. The second kappa shape index (κ2) is 5.22. The van der Waals surface area contributed by atoms with Crippen LogP contribution < -0.4 is 5.43 Å². The third-order valence-electron chi connectivity index (χ3n) is 1.92. The second-order valence-corrected chi connectivity index (χ2v) is 3.48. The molecular formula is C10H8ClN5O. The number of hydrogen-bond acceptors (Lipinski definition) is 4. The lowest BCUT2D eigenvalue weighted by molar-refractivity contribution is 0.0950. The van der Waals surface area contributed by atoms with Crippen LogP contribution in [0.25, 0.3) is 0 Å². The molecule has 0 bridgehead atoms. The van der Waals surface area contributed by atoms with Crippen LogP contribution in [0.15, 0.2) is 35.6 Å². The monoisotopic (exact) mass is 249 g/mol. The number of H-pyrrole nitrogens is 1. The van der Waals surface area contributed by atoms with E-state index in [0.29, 0.717) is 5.02 Å². The summed E-state index contributed by atoms with van der Waals surface area (Å²) in [6.45, 7) is 0. The van der Waals surface area contributed by atoms with Crippen LogP contribution in [-0.4, -0.2) is 27.5 Å². The van der Waals surface area contributed by atoms with Crippen LogP contribution >= 0.6 is 11.6 Å². The van der Waals surface area contributed by atoms with Crippen LogP contribution in [0, 0.1) is 0 Å². The third kappa shape index (κ3) is 2.88. The van der Waals surface area contributed by atoms with E-state index in [1.807, 2.05) is 12.1 Å². The molecule has 0 aliphatic heterocycles. The highest BCUT2D eigenvalue weighted by atomic mass is 35.5. The first-order chi connectivity index (χ1) is 8.27.